The van der Waals surface area contributed by atoms with E-state index in [1.54, 1.807) is 11.1 Å². The van der Waals surface area contributed by atoms with Gasteiger partial charge in [-0.1, -0.05) is 143 Å². The van der Waals surface area contributed by atoms with Crippen molar-refractivity contribution < 1.29 is 0 Å². The lowest BCUT2D eigenvalue weighted by Crippen LogP contribution is -2.72. The Hall–Kier alpha value is 0.360. The summed E-state index contributed by atoms with van der Waals surface area (Å²) in [5, 5.41) is 0. The molecule has 0 N–H and O–H groups in total. The van der Waals surface area contributed by atoms with Crippen LogP contribution in [0.5, 0.6) is 0 Å². The molecule has 0 nitrogen and oxygen atoms in total. The molecule has 2 aromatic carbocycles. The Bertz CT molecular complexity index is 1580. The summed E-state index contributed by atoms with van der Waals surface area (Å²) in [4.78, 5) is 0. The number of hydrogen-bond donors (Lipinski definition) is 0. The van der Waals surface area contributed by atoms with Gasteiger partial charge in [-0.05, 0) is 206 Å². The Balaban J connectivity index is 1.39. The van der Waals surface area contributed by atoms with Gasteiger partial charge in [0.05, 0.1) is 0 Å². The molecule has 0 spiro atoms. The number of benzene rings is 2. The molecule has 54 heavy (non-hydrogen) atoms. The molecular formula is C50H70Br4. The fourth-order valence-electron chi connectivity index (χ4n) is 17.5. The first-order valence-electron chi connectivity index (χ1n) is 22.5. The Labute approximate surface area is 364 Å². The second-order valence-electron chi connectivity index (χ2n) is 21.8. The number of hydrogen-bond acceptors (Lipinski definition) is 0. The molecule has 8 fully saturated rings. The molecule has 4 heteroatoms. The average molecular weight is 991 g/mol. The van der Waals surface area contributed by atoms with E-state index in [9.17, 15) is 0 Å². The lowest BCUT2D eigenvalue weighted by atomic mass is 9.23. The SMILES string of the molecule is CCCCC12CC3(CCCC)CC(c4cc(Br)cc(Br)c4C)(C1)CC(C14CC5(CCCC)CC(CCCC)(CC(c6cc(Br)cc(Br)c6C)(C5)C1)C4)(C2)C3. The van der Waals surface area contributed by atoms with E-state index in [0.717, 1.165) is 0 Å². The molecule has 0 amide bonds. The van der Waals surface area contributed by atoms with Crippen molar-refractivity contribution in [1.29, 1.82) is 0 Å². The maximum absolute atomic E-state index is 4.11. The topological polar surface area (TPSA) is 0 Å². The Morgan fingerprint density at radius 1 is 0.407 bits per heavy atom. The van der Waals surface area contributed by atoms with Gasteiger partial charge in [0.25, 0.3) is 0 Å². The minimum Gasteiger partial charge on any atom is -0.0654 e. The van der Waals surface area contributed by atoms with E-state index in [4.69, 9.17) is 0 Å². The molecule has 8 bridgehead atoms. The van der Waals surface area contributed by atoms with E-state index in [1.807, 2.05) is 0 Å². The van der Waals surface area contributed by atoms with Crippen LogP contribution in [0.4, 0.5) is 0 Å². The predicted molar refractivity (Wildman–Crippen MR) is 245 cm³/mol. The summed E-state index contributed by atoms with van der Waals surface area (Å²) in [6.45, 7) is 14.8. The Kier molecular flexibility index (Phi) is 11.1. The van der Waals surface area contributed by atoms with Crippen LogP contribution in [0.3, 0.4) is 0 Å². The molecule has 4 atom stereocenters. The van der Waals surface area contributed by atoms with Gasteiger partial charge < -0.3 is 0 Å². The van der Waals surface area contributed by atoms with E-state index in [-0.39, 0.29) is 10.8 Å². The third kappa shape index (κ3) is 6.54. The second kappa shape index (κ2) is 14.5. The molecule has 0 aliphatic heterocycles. The van der Waals surface area contributed by atoms with Crippen molar-refractivity contribution in [1.82, 2.24) is 0 Å². The van der Waals surface area contributed by atoms with Crippen LogP contribution in [0.1, 0.15) is 204 Å². The van der Waals surface area contributed by atoms with Gasteiger partial charge in [0.15, 0.2) is 0 Å². The van der Waals surface area contributed by atoms with Crippen LogP contribution >= 0.6 is 63.7 Å². The number of unbranched alkanes of at least 4 members (excludes halogenated alkanes) is 4. The van der Waals surface area contributed by atoms with Gasteiger partial charge in [-0.25, -0.2) is 0 Å². The first kappa shape index (κ1) is 41.1. The van der Waals surface area contributed by atoms with Gasteiger partial charge in [-0.2, -0.15) is 0 Å². The van der Waals surface area contributed by atoms with Crippen LogP contribution < -0.4 is 0 Å². The summed E-state index contributed by atoms with van der Waals surface area (Å²) < 4.78 is 5.16. The van der Waals surface area contributed by atoms with Gasteiger partial charge in [0, 0.05) is 17.9 Å². The van der Waals surface area contributed by atoms with Gasteiger partial charge in [0.1, 0.15) is 0 Å². The highest BCUT2D eigenvalue weighted by molar-refractivity contribution is 9.11. The van der Waals surface area contributed by atoms with Gasteiger partial charge in [-0.15, -0.1) is 0 Å². The first-order chi connectivity index (χ1) is 25.6. The monoisotopic (exact) mass is 986 g/mol. The average Bonchev–Trinajstić information content (AvgIpc) is 3.10. The summed E-state index contributed by atoms with van der Waals surface area (Å²) in [6, 6.07) is 9.89. The highest BCUT2D eigenvalue weighted by Crippen LogP contribution is 2.87. The highest BCUT2D eigenvalue weighted by Gasteiger charge is 2.78. The van der Waals surface area contributed by atoms with Crippen LogP contribution in [0.2, 0.25) is 0 Å². The zero-order valence-corrected chi connectivity index (χ0v) is 41.1. The first-order valence-corrected chi connectivity index (χ1v) is 25.7. The zero-order valence-electron chi connectivity index (χ0n) is 34.8. The predicted octanol–water partition coefficient (Wildman–Crippen LogP) is 18.0. The van der Waals surface area contributed by atoms with E-state index >= 15 is 0 Å². The van der Waals surface area contributed by atoms with Crippen LogP contribution in [0.25, 0.3) is 0 Å². The van der Waals surface area contributed by atoms with Gasteiger partial charge in [-0.3, -0.25) is 0 Å². The van der Waals surface area contributed by atoms with Crippen LogP contribution in [-0.4, -0.2) is 0 Å². The highest BCUT2D eigenvalue weighted by atomic mass is 79.9. The fourth-order valence-corrected chi connectivity index (χ4v) is 19.9. The minimum atomic E-state index is 0.269. The van der Waals surface area contributed by atoms with E-state index in [2.05, 4.69) is 130 Å². The zero-order chi connectivity index (χ0) is 38.4. The standard InChI is InChI=1S/C50H70Br4/c1-7-11-15-43-23-44(16-12-8-2)26-47(25-43,39-19-37(51)21-41(53)35(39)5)33-49(29-43,30-44)50-31-45(17-13-9-3)24-46(32-50,18-14-10-4)28-48(27-45,34-50)40-20-38(52)22-42(54)36(40)6/h19-22H,7-18,23-34H2,1-6H3. The molecular weight excluding hydrogens is 920 g/mol. The summed E-state index contributed by atoms with van der Waals surface area (Å²) in [5.41, 5.74) is 9.71. The molecule has 0 heterocycles. The molecule has 4 unspecified atom stereocenters. The molecule has 8 aliphatic carbocycles. The molecule has 8 aliphatic rings. The lowest BCUT2D eigenvalue weighted by molar-refractivity contribution is -0.288. The third-order valence-corrected chi connectivity index (χ3v) is 20.3. The molecule has 2 aromatic rings. The maximum Gasteiger partial charge on any atom is 0.0218 e. The quantitative estimate of drug-likeness (QED) is 0.167. The van der Waals surface area contributed by atoms with Crippen molar-refractivity contribution in [3.8, 4) is 0 Å². The Morgan fingerprint density at radius 2 is 0.704 bits per heavy atom. The van der Waals surface area contributed by atoms with Crippen molar-refractivity contribution in [2.24, 2.45) is 32.5 Å². The Morgan fingerprint density at radius 3 is 0.981 bits per heavy atom. The van der Waals surface area contributed by atoms with Crippen molar-refractivity contribution in [3.05, 3.63) is 64.4 Å². The number of rotatable bonds is 15. The van der Waals surface area contributed by atoms with Crippen molar-refractivity contribution >= 4 is 63.7 Å². The van der Waals surface area contributed by atoms with Crippen molar-refractivity contribution in [2.45, 2.75) is 206 Å². The van der Waals surface area contributed by atoms with E-state index in [0.29, 0.717) is 32.5 Å². The number of halogens is 4. The van der Waals surface area contributed by atoms with Gasteiger partial charge in [0.2, 0.25) is 0 Å². The van der Waals surface area contributed by atoms with E-state index in [1.165, 1.54) is 183 Å². The molecule has 10 rings (SSSR count). The summed E-state index contributed by atoms with van der Waals surface area (Å²) in [5.74, 6) is 0. The lowest BCUT2D eigenvalue weighted by Gasteiger charge is -2.81. The van der Waals surface area contributed by atoms with Crippen molar-refractivity contribution in [3.63, 3.8) is 0 Å². The van der Waals surface area contributed by atoms with Crippen LogP contribution in [0.15, 0.2) is 42.2 Å². The molecule has 298 valence electrons. The maximum atomic E-state index is 4.11. The third-order valence-electron chi connectivity index (χ3n) is 17.7. The molecule has 0 saturated heterocycles. The normalized spacial score (nSPS) is 40.3. The summed E-state index contributed by atoms with van der Waals surface area (Å²) in [6.07, 6.45) is 34.5. The molecule has 8 saturated carbocycles. The summed E-state index contributed by atoms with van der Waals surface area (Å²) in [7, 11) is 0. The van der Waals surface area contributed by atoms with E-state index < -0.39 is 0 Å². The van der Waals surface area contributed by atoms with Crippen LogP contribution in [0, 0.1) is 46.3 Å². The van der Waals surface area contributed by atoms with Crippen LogP contribution in [-0.2, 0) is 10.8 Å². The molecule has 0 radical (unpaired) electrons. The summed E-state index contributed by atoms with van der Waals surface area (Å²) >= 11 is 16.3. The van der Waals surface area contributed by atoms with Gasteiger partial charge >= 0.3 is 0 Å². The van der Waals surface area contributed by atoms with Crippen molar-refractivity contribution in [2.75, 3.05) is 0 Å². The minimum absolute atomic E-state index is 0.269. The second-order valence-corrected chi connectivity index (χ2v) is 25.3. The largest absolute Gasteiger partial charge is 0.0654 e. The molecule has 0 aromatic heterocycles. The fraction of sp³-hybridized carbons (Fsp3) is 0.760. The smallest absolute Gasteiger partial charge is 0.0218 e.